The van der Waals surface area contributed by atoms with Gasteiger partial charge in [0.2, 0.25) is 5.88 Å². The molecule has 1 aliphatic rings. The molecule has 1 aromatic heterocycles. The van der Waals surface area contributed by atoms with E-state index >= 15 is 0 Å². The van der Waals surface area contributed by atoms with E-state index in [1.807, 2.05) is 85.7 Å². The number of benzene rings is 2. The Labute approximate surface area is 194 Å². The van der Waals surface area contributed by atoms with Crippen molar-refractivity contribution in [2.75, 3.05) is 19.0 Å². The third-order valence-electron chi connectivity index (χ3n) is 4.68. The number of anilines is 1. The highest BCUT2D eigenvalue weighted by molar-refractivity contribution is 9.10. The zero-order valence-electron chi connectivity index (χ0n) is 17.3. The maximum absolute atomic E-state index is 13.3. The van der Waals surface area contributed by atoms with Crippen LogP contribution in [0.25, 0.3) is 6.08 Å². The van der Waals surface area contributed by atoms with E-state index in [-0.39, 0.29) is 5.91 Å². The van der Waals surface area contributed by atoms with E-state index in [1.165, 1.54) is 11.8 Å². The van der Waals surface area contributed by atoms with Crippen LogP contribution in [0.4, 0.5) is 5.88 Å². The summed E-state index contributed by atoms with van der Waals surface area (Å²) in [5, 5.41) is 0.697. The van der Waals surface area contributed by atoms with Gasteiger partial charge < -0.3 is 9.32 Å². The molecule has 0 N–H and O–H groups in total. The van der Waals surface area contributed by atoms with Crippen molar-refractivity contribution in [3.05, 3.63) is 93.0 Å². The Hall–Kier alpha value is -2.77. The monoisotopic (exact) mass is 495 g/mol. The van der Waals surface area contributed by atoms with E-state index in [2.05, 4.69) is 15.9 Å². The minimum absolute atomic E-state index is 0.0698. The number of carbonyl (C=O) groups is 1. The van der Waals surface area contributed by atoms with Crippen molar-refractivity contribution in [2.24, 2.45) is 4.99 Å². The number of carbonyl (C=O) groups excluding carboxylic acids is 1. The van der Waals surface area contributed by atoms with Gasteiger partial charge in [0, 0.05) is 26.2 Å². The predicted molar refractivity (Wildman–Crippen MR) is 131 cm³/mol. The smallest absolute Gasteiger partial charge is 0.267 e. The molecule has 1 saturated heterocycles. The van der Waals surface area contributed by atoms with Gasteiger partial charge in [-0.2, -0.15) is 0 Å². The second kappa shape index (κ2) is 9.58. The highest BCUT2D eigenvalue weighted by Gasteiger charge is 2.33. The van der Waals surface area contributed by atoms with Crippen molar-refractivity contribution in [1.82, 2.24) is 4.90 Å². The fourth-order valence-corrected chi connectivity index (χ4v) is 4.77. The highest BCUT2D eigenvalue weighted by atomic mass is 79.9. The summed E-state index contributed by atoms with van der Waals surface area (Å²) in [5.41, 5.74) is 2.16. The van der Waals surface area contributed by atoms with Gasteiger partial charge in [-0.05, 0) is 38.8 Å². The Morgan fingerprint density at radius 1 is 1.06 bits per heavy atom. The molecule has 1 amide bonds. The first-order chi connectivity index (χ1) is 15.0. The molecule has 31 heavy (non-hydrogen) atoms. The van der Waals surface area contributed by atoms with Crippen LogP contribution in [-0.4, -0.2) is 30.1 Å². The van der Waals surface area contributed by atoms with Crippen molar-refractivity contribution < 1.29 is 9.21 Å². The van der Waals surface area contributed by atoms with Crippen LogP contribution in [0.3, 0.4) is 0 Å². The topological polar surface area (TPSA) is 49.1 Å². The van der Waals surface area contributed by atoms with E-state index in [9.17, 15) is 4.79 Å². The predicted octanol–water partition coefficient (Wildman–Crippen LogP) is 5.78. The second-order valence-electron chi connectivity index (χ2n) is 7.27. The van der Waals surface area contributed by atoms with Gasteiger partial charge in [-0.1, -0.05) is 60.7 Å². The van der Waals surface area contributed by atoms with Crippen LogP contribution < -0.4 is 4.90 Å². The molecule has 2 heterocycles. The third kappa shape index (κ3) is 5.11. The van der Waals surface area contributed by atoms with Gasteiger partial charge >= 0.3 is 0 Å². The molecule has 0 bridgehead atoms. The molecule has 0 saturated carbocycles. The summed E-state index contributed by atoms with van der Waals surface area (Å²) < 4.78 is 6.73. The Kier molecular flexibility index (Phi) is 6.63. The molecular formula is C24H22BrN3O2S. The Balaban J connectivity index is 1.63. The van der Waals surface area contributed by atoms with Gasteiger partial charge in [0.05, 0.1) is 22.5 Å². The fourth-order valence-electron chi connectivity index (χ4n) is 3.16. The maximum atomic E-state index is 13.3. The average molecular weight is 496 g/mol. The quantitative estimate of drug-likeness (QED) is 0.406. The summed E-state index contributed by atoms with van der Waals surface area (Å²) in [5.74, 6) is 1.26. The molecule has 0 radical (unpaired) electrons. The molecule has 7 heteroatoms. The molecule has 0 unspecified atom stereocenters. The lowest BCUT2D eigenvalue weighted by molar-refractivity contribution is -0.122. The Bertz CT molecular complexity index is 1120. The lowest BCUT2D eigenvalue weighted by Gasteiger charge is -2.15. The second-order valence-corrected chi connectivity index (χ2v) is 9.13. The zero-order chi connectivity index (χ0) is 21.8. The number of hydrogen-bond donors (Lipinski definition) is 0. The molecular weight excluding hydrogens is 474 g/mol. The molecule has 158 valence electrons. The summed E-state index contributed by atoms with van der Waals surface area (Å²) in [4.78, 5) is 22.2. The van der Waals surface area contributed by atoms with Gasteiger partial charge in [-0.3, -0.25) is 14.7 Å². The van der Waals surface area contributed by atoms with E-state index in [4.69, 9.17) is 9.41 Å². The molecule has 0 atom stereocenters. The molecule has 0 spiro atoms. The van der Waals surface area contributed by atoms with E-state index in [1.54, 1.807) is 11.0 Å². The summed E-state index contributed by atoms with van der Waals surface area (Å²) >= 11 is 4.89. The normalized spacial score (nSPS) is 16.5. The molecule has 0 aliphatic carbocycles. The number of thioether (sulfide) groups is 1. The summed E-state index contributed by atoms with van der Waals surface area (Å²) in [6.07, 6.45) is 1.79. The van der Waals surface area contributed by atoms with Gasteiger partial charge in [-0.25, -0.2) is 0 Å². The van der Waals surface area contributed by atoms with Crippen molar-refractivity contribution in [1.29, 1.82) is 0 Å². The summed E-state index contributed by atoms with van der Waals surface area (Å²) in [6, 6.07) is 21.9. The van der Waals surface area contributed by atoms with Gasteiger partial charge in [0.25, 0.3) is 5.91 Å². The number of aliphatic imine (C=N–C) groups is 1. The van der Waals surface area contributed by atoms with Gasteiger partial charge in [0.15, 0.2) is 5.17 Å². The fraction of sp³-hybridized carbons (Fsp3) is 0.167. The first kappa shape index (κ1) is 21.5. The molecule has 1 fully saturated rings. The van der Waals surface area contributed by atoms with Crippen LogP contribution in [0.1, 0.15) is 16.9 Å². The first-order valence-corrected chi connectivity index (χ1v) is 11.4. The van der Waals surface area contributed by atoms with Crippen molar-refractivity contribution in [2.45, 2.75) is 13.1 Å². The minimum Gasteiger partial charge on any atom is -0.440 e. The number of nitrogens with zero attached hydrogens (tertiary/aromatic N) is 3. The van der Waals surface area contributed by atoms with Crippen LogP contribution in [0.2, 0.25) is 0 Å². The third-order valence-corrected chi connectivity index (χ3v) is 6.29. The lowest BCUT2D eigenvalue weighted by Crippen LogP contribution is -2.28. The first-order valence-electron chi connectivity index (χ1n) is 9.81. The minimum atomic E-state index is -0.0698. The summed E-state index contributed by atoms with van der Waals surface area (Å²) in [7, 11) is 3.82. The van der Waals surface area contributed by atoms with Crippen LogP contribution in [-0.2, 0) is 17.9 Å². The molecule has 1 aliphatic heterocycles. The van der Waals surface area contributed by atoms with Crippen molar-refractivity contribution in [3.8, 4) is 0 Å². The van der Waals surface area contributed by atoms with E-state index in [0.29, 0.717) is 34.8 Å². The number of furan rings is 1. The van der Waals surface area contributed by atoms with E-state index < -0.39 is 0 Å². The number of amidine groups is 1. The van der Waals surface area contributed by atoms with Gasteiger partial charge in [0.1, 0.15) is 5.76 Å². The highest BCUT2D eigenvalue weighted by Crippen LogP contribution is 2.36. The zero-order valence-corrected chi connectivity index (χ0v) is 19.7. The van der Waals surface area contributed by atoms with E-state index in [0.717, 1.165) is 15.6 Å². The molecule has 2 aromatic carbocycles. The van der Waals surface area contributed by atoms with Crippen LogP contribution in [0.5, 0.6) is 0 Å². The number of hydrogen-bond acceptors (Lipinski definition) is 5. The van der Waals surface area contributed by atoms with Crippen LogP contribution in [0.15, 0.2) is 85.5 Å². The maximum Gasteiger partial charge on any atom is 0.267 e. The number of halogens is 1. The molecule has 3 aromatic rings. The van der Waals surface area contributed by atoms with Crippen molar-refractivity contribution in [3.63, 3.8) is 0 Å². The number of rotatable bonds is 6. The van der Waals surface area contributed by atoms with Crippen LogP contribution in [0, 0.1) is 0 Å². The lowest BCUT2D eigenvalue weighted by atomic mass is 10.2. The molecule has 5 nitrogen and oxygen atoms in total. The number of amides is 1. The standard InChI is InChI=1S/C24H22BrN3O2S/c1-27(2)23-20(25)13-19(30-23)14-21-22(29)28(16-18-11-7-4-8-12-18)24(31-21)26-15-17-9-5-3-6-10-17/h3-14H,15-16H2,1-2H3/b21-14+,26-24?. The Morgan fingerprint density at radius 3 is 2.32 bits per heavy atom. The summed E-state index contributed by atoms with van der Waals surface area (Å²) in [6.45, 7) is 0.995. The Morgan fingerprint density at radius 2 is 1.71 bits per heavy atom. The largest absolute Gasteiger partial charge is 0.440 e. The molecule has 4 rings (SSSR count). The van der Waals surface area contributed by atoms with Gasteiger partial charge in [-0.15, -0.1) is 0 Å². The SMILES string of the molecule is CN(C)c1oc(/C=C2/SC(=NCc3ccccc3)N(Cc3ccccc3)C2=O)cc1Br. The van der Waals surface area contributed by atoms with Crippen LogP contribution >= 0.6 is 27.7 Å². The van der Waals surface area contributed by atoms with Crippen molar-refractivity contribution >= 4 is 50.7 Å². The average Bonchev–Trinajstić information content (AvgIpc) is 3.28.